The maximum absolute atomic E-state index is 11.8. The van der Waals surface area contributed by atoms with Crippen molar-refractivity contribution in [2.45, 2.75) is 0 Å². The van der Waals surface area contributed by atoms with E-state index < -0.39 is 5.97 Å². The van der Waals surface area contributed by atoms with Crippen LogP contribution in [0, 0.1) is 11.3 Å². The maximum Gasteiger partial charge on any atom is 0.331 e. The molecule has 0 aliphatic carbocycles. The Morgan fingerprint density at radius 1 is 1.50 bits per heavy atom. The highest BCUT2D eigenvalue weighted by Gasteiger charge is 2.24. The Kier molecular flexibility index (Phi) is 4.48. The van der Waals surface area contributed by atoms with E-state index in [9.17, 15) is 9.59 Å². The minimum Gasteiger partial charge on any atom is -0.493 e. The van der Waals surface area contributed by atoms with E-state index in [0.717, 1.165) is 0 Å². The van der Waals surface area contributed by atoms with Crippen molar-refractivity contribution in [3.05, 3.63) is 23.8 Å². The molecular weight excluding hydrogens is 280 g/mol. The number of esters is 1. The molecule has 1 saturated heterocycles. The Bertz CT molecular complexity index is 582. The van der Waals surface area contributed by atoms with Crippen molar-refractivity contribution >= 4 is 23.6 Å². The predicted molar refractivity (Wildman–Crippen MR) is 72.4 cm³/mol. The summed E-state index contributed by atoms with van der Waals surface area (Å²) in [4.78, 5) is 24.6. The molecule has 1 amide bonds. The fourth-order valence-electron chi connectivity index (χ4n) is 1.67. The first-order valence-corrected chi connectivity index (χ1v) is 6.94. The summed E-state index contributed by atoms with van der Waals surface area (Å²) in [6, 6.07) is 6.48. The number of ether oxygens (including phenoxy) is 2. The fraction of sp³-hybridized carbons (Fsp3) is 0.308. The summed E-state index contributed by atoms with van der Waals surface area (Å²) in [5.74, 6) is 0.823. The number of rotatable bonds is 4. The monoisotopic (exact) mass is 292 g/mol. The van der Waals surface area contributed by atoms with Crippen LogP contribution in [0.2, 0.25) is 0 Å². The maximum atomic E-state index is 11.8. The molecular formula is C13H12N2O4S. The summed E-state index contributed by atoms with van der Waals surface area (Å²) < 4.78 is 10.2. The largest absolute Gasteiger partial charge is 0.493 e. The number of hydrogen-bond acceptors (Lipinski definition) is 6. The van der Waals surface area contributed by atoms with Crippen LogP contribution in [0.4, 0.5) is 0 Å². The first kappa shape index (κ1) is 14.2. The van der Waals surface area contributed by atoms with Gasteiger partial charge in [-0.1, -0.05) is 0 Å². The molecule has 1 aliphatic rings. The quantitative estimate of drug-likeness (QED) is 0.608. The lowest BCUT2D eigenvalue weighted by atomic mass is 10.2. The average Bonchev–Trinajstić information content (AvgIpc) is 2.84. The number of carbonyl (C=O) groups excluding carboxylic acids is 2. The smallest absolute Gasteiger partial charge is 0.331 e. The van der Waals surface area contributed by atoms with E-state index in [4.69, 9.17) is 14.7 Å². The zero-order chi connectivity index (χ0) is 14.5. The molecule has 0 aromatic heterocycles. The number of hydrogen-bond donors (Lipinski definition) is 0. The molecule has 1 fully saturated rings. The van der Waals surface area contributed by atoms with Gasteiger partial charge < -0.3 is 14.4 Å². The summed E-state index contributed by atoms with van der Waals surface area (Å²) in [6.45, 7) is -0.0883. The highest BCUT2D eigenvalue weighted by Crippen LogP contribution is 2.28. The second-order valence-electron chi connectivity index (χ2n) is 4.02. The molecule has 1 aromatic rings. The van der Waals surface area contributed by atoms with Crippen LogP contribution >= 0.6 is 11.8 Å². The van der Waals surface area contributed by atoms with E-state index in [1.807, 2.05) is 6.07 Å². The molecule has 0 spiro atoms. The molecule has 0 radical (unpaired) electrons. The molecule has 0 N–H and O–H groups in total. The Balaban J connectivity index is 2.04. The zero-order valence-corrected chi connectivity index (χ0v) is 11.6. The Morgan fingerprint density at radius 3 is 2.90 bits per heavy atom. The molecule has 1 heterocycles. The average molecular weight is 292 g/mol. The summed E-state index contributed by atoms with van der Waals surface area (Å²) in [5.41, 5.74) is 0.410. The zero-order valence-electron chi connectivity index (χ0n) is 10.8. The van der Waals surface area contributed by atoms with Crippen LogP contribution in [0.1, 0.15) is 5.56 Å². The molecule has 104 valence electrons. The molecule has 6 nitrogen and oxygen atoms in total. The molecule has 20 heavy (non-hydrogen) atoms. The van der Waals surface area contributed by atoms with E-state index in [2.05, 4.69) is 0 Å². The Hall–Kier alpha value is -2.20. The van der Waals surface area contributed by atoms with Crippen molar-refractivity contribution < 1.29 is 19.1 Å². The lowest BCUT2D eigenvalue weighted by Crippen LogP contribution is -2.33. The SMILES string of the molecule is COc1cc(C#N)ccc1OC(=O)CN1CSCC1=O. The number of carbonyl (C=O) groups is 2. The molecule has 0 saturated carbocycles. The molecule has 1 aromatic carbocycles. The minimum absolute atomic E-state index is 0.0706. The van der Waals surface area contributed by atoms with Crippen LogP contribution < -0.4 is 9.47 Å². The van der Waals surface area contributed by atoms with Crippen molar-refractivity contribution in [3.63, 3.8) is 0 Å². The van der Waals surface area contributed by atoms with Gasteiger partial charge in [0.25, 0.3) is 0 Å². The van der Waals surface area contributed by atoms with Crippen LogP contribution in [0.15, 0.2) is 18.2 Å². The van der Waals surface area contributed by atoms with Crippen molar-refractivity contribution in [1.29, 1.82) is 5.26 Å². The number of benzene rings is 1. The number of thioether (sulfide) groups is 1. The second-order valence-corrected chi connectivity index (χ2v) is 4.98. The molecule has 2 rings (SSSR count). The van der Waals surface area contributed by atoms with Gasteiger partial charge in [0.2, 0.25) is 5.91 Å². The lowest BCUT2D eigenvalue weighted by Gasteiger charge is -2.14. The van der Waals surface area contributed by atoms with Crippen molar-refractivity contribution in [2.24, 2.45) is 0 Å². The summed E-state index contributed by atoms with van der Waals surface area (Å²) in [7, 11) is 1.43. The van der Waals surface area contributed by atoms with Crippen LogP contribution in [-0.2, 0) is 9.59 Å². The second kappa shape index (κ2) is 6.30. The first-order valence-electron chi connectivity index (χ1n) is 5.78. The van der Waals surface area contributed by atoms with Crippen molar-refractivity contribution in [3.8, 4) is 17.6 Å². The number of nitrogens with zero attached hydrogens (tertiary/aromatic N) is 2. The third-order valence-electron chi connectivity index (χ3n) is 2.66. The molecule has 1 aliphatic heterocycles. The third-order valence-corrected chi connectivity index (χ3v) is 3.61. The predicted octanol–water partition coefficient (Wildman–Crippen LogP) is 1.01. The van der Waals surface area contributed by atoms with Crippen molar-refractivity contribution in [1.82, 2.24) is 4.90 Å². The van der Waals surface area contributed by atoms with Gasteiger partial charge in [-0.25, -0.2) is 4.79 Å². The molecule has 0 bridgehead atoms. The molecule has 0 atom stereocenters. The number of amides is 1. The van der Waals surface area contributed by atoms with Gasteiger partial charge >= 0.3 is 5.97 Å². The minimum atomic E-state index is -0.538. The first-order chi connectivity index (χ1) is 9.63. The summed E-state index contributed by atoms with van der Waals surface area (Å²) in [6.07, 6.45) is 0. The van der Waals surface area contributed by atoms with Gasteiger partial charge in [-0.15, -0.1) is 11.8 Å². The third kappa shape index (κ3) is 3.22. The van der Waals surface area contributed by atoms with Gasteiger partial charge in [-0.2, -0.15) is 5.26 Å². The van der Waals surface area contributed by atoms with E-state index in [0.29, 0.717) is 22.9 Å². The molecule has 7 heteroatoms. The van der Waals surface area contributed by atoms with Crippen LogP contribution in [-0.4, -0.2) is 42.1 Å². The normalized spacial score (nSPS) is 14.0. The molecule has 0 unspecified atom stereocenters. The van der Waals surface area contributed by atoms with Crippen LogP contribution in [0.3, 0.4) is 0 Å². The van der Waals surface area contributed by atoms with E-state index >= 15 is 0 Å². The Morgan fingerprint density at radius 2 is 2.30 bits per heavy atom. The number of nitriles is 1. The standard InChI is InChI=1S/C13H12N2O4S/c1-18-11-4-9(5-14)2-3-10(11)19-13(17)6-15-8-20-7-12(15)16/h2-4H,6-8H2,1H3. The highest BCUT2D eigenvalue weighted by atomic mass is 32.2. The van der Waals surface area contributed by atoms with Gasteiger partial charge in [-0.3, -0.25) is 4.79 Å². The van der Waals surface area contributed by atoms with Gasteiger partial charge in [0.05, 0.1) is 30.4 Å². The number of methoxy groups -OCH3 is 1. The van der Waals surface area contributed by atoms with Crippen LogP contribution in [0.25, 0.3) is 0 Å². The summed E-state index contributed by atoms with van der Waals surface area (Å²) in [5, 5.41) is 8.79. The van der Waals surface area contributed by atoms with E-state index in [1.165, 1.54) is 42.0 Å². The van der Waals surface area contributed by atoms with Gasteiger partial charge in [0.15, 0.2) is 11.5 Å². The van der Waals surface area contributed by atoms with Gasteiger partial charge in [-0.05, 0) is 12.1 Å². The van der Waals surface area contributed by atoms with E-state index in [-0.39, 0.29) is 18.2 Å². The van der Waals surface area contributed by atoms with Crippen LogP contribution in [0.5, 0.6) is 11.5 Å². The van der Waals surface area contributed by atoms with E-state index in [1.54, 1.807) is 0 Å². The van der Waals surface area contributed by atoms with Crippen molar-refractivity contribution in [2.75, 3.05) is 25.3 Å². The fourth-order valence-corrected chi connectivity index (χ4v) is 2.58. The Labute approximate surface area is 120 Å². The van der Waals surface area contributed by atoms with Gasteiger partial charge in [0, 0.05) is 6.07 Å². The van der Waals surface area contributed by atoms with Gasteiger partial charge in [0.1, 0.15) is 6.54 Å². The summed E-state index contributed by atoms with van der Waals surface area (Å²) >= 11 is 1.46. The lowest BCUT2D eigenvalue weighted by molar-refractivity contribution is -0.140. The topological polar surface area (TPSA) is 79.6 Å². The highest BCUT2D eigenvalue weighted by molar-refractivity contribution is 8.00.